The summed E-state index contributed by atoms with van der Waals surface area (Å²) in [4.78, 5) is 10.0. The molecule has 2 heterocycles. The Bertz CT molecular complexity index is 431. The van der Waals surface area contributed by atoms with Gasteiger partial charge in [-0.3, -0.25) is 14.8 Å². The summed E-state index contributed by atoms with van der Waals surface area (Å²) in [6.45, 7) is 3.21. The fraction of sp³-hybridized carbons (Fsp3) is 0.750. The smallest absolute Gasteiger partial charge is 0.306 e. The molecular formula is C12H20N4O4. The topological polar surface area (TPSA) is 102 Å². The lowest BCUT2D eigenvalue weighted by Crippen LogP contribution is -2.31. The number of nitrogens with one attached hydrogen (secondary N) is 1. The van der Waals surface area contributed by atoms with Gasteiger partial charge in [0.05, 0.1) is 17.6 Å². The Morgan fingerprint density at radius 1 is 1.70 bits per heavy atom. The van der Waals surface area contributed by atoms with Crippen LogP contribution in [0.25, 0.3) is 0 Å². The van der Waals surface area contributed by atoms with E-state index in [9.17, 15) is 15.2 Å². The lowest BCUT2D eigenvalue weighted by molar-refractivity contribution is -0.385. The van der Waals surface area contributed by atoms with E-state index in [1.807, 2.05) is 0 Å². The molecule has 8 heteroatoms. The normalized spacial score (nSPS) is 20.1. The van der Waals surface area contributed by atoms with Crippen molar-refractivity contribution in [3.63, 3.8) is 0 Å². The first-order chi connectivity index (χ1) is 9.65. The van der Waals surface area contributed by atoms with Gasteiger partial charge in [-0.15, -0.1) is 0 Å². The van der Waals surface area contributed by atoms with Gasteiger partial charge in [-0.05, 0) is 25.3 Å². The lowest BCUT2D eigenvalue weighted by atomic mass is 10.1. The quantitative estimate of drug-likeness (QED) is 0.401. The molecule has 0 saturated carbocycles. The number of nitro groups is 1. The van der Waals surface area contributed by atoms with E-state index in [0.29, 0.717) is 12.5 Å². The minimum absolute atomic E-state index is 0.0635. The second-order valence-corrected chi connectivity index (χ2v) is 5.05. The number of aliphatic hydroxyl groups excluding tert-OH is 1. The van der Waals surface area contributed by atoms with E-state index >= 15 is 0 Å². The fourth-order valence-corrected chi connectivity index (χ4v) is 2.21. The van der Waals surface area contributed by atoms with Crippen molar-refractivity contribution in [3.8, 4) is 0 Å². The Morgan fingerprint density at radius 2 is 2.55 bits per heavy atom. The SMILES string of the molecule is O=[N+]([O-])c1cnn(CC(O)CNCCC2CCOC2)c1. The van der Waals surface area contributed by atoms with Crippen molar-refractivity contribution < 1.29 is 14.8 Å². The third-order valence-corrected chi connectivity index (χ3v) is 3.36. The van der Waals surface area contributed by atoms with E-state index < -0.39 is 11.0 Å². The minimum Gasteiger partial charge on any atom is -0.390 e. The van der Waals surface area contributed by atoms with Crippen LogP contribution in [0.1, 0.15) is 12.8 Å². The Kier molecular flexibility index (Phi) is 5.45. The van der Waals surface area contributed by atoms with Crippen molar-refractivity contribution in [2.75, 3.05) is 26.3 Å². The van der Waals surface area contributed by atoms with Gasteiger partial charge in [0.15, 0.2) is 0 Å². The third kappa shape index (κ3) is 4.55. The highest BCUT2D eigenvalue weighted by atomic mass is 16.6. The van der Waals surface area contributed by atoms with Crippen LogP contribution in [0.5, 0.6) is 0 Å². The average molecular weight is 284 g/mol. The standard InChI is InChI=1S/C12H20N4O4/c17-12(6-13-3-1-10-2-4-20-9-10)8-15-7-11(5-14-15)16(18)19/h5,7,10,12-13,17H,1-4,6,8-9H2. The van der Waals surface area contributed by atoms with E-state index in [4.69, 9.17) is 4.74 Å². The first kappa shape index (κ1) is 14.9. The van der Waals surface area contributed by atoms with E-state index in [-0.39, 0.29) is 12.2 Å². The van der Waals surface area contributed by atoms with Crippen LogP contribution < -0.4 is 5.32 Å². The zero-order valence-electron chi connectivity index (χ0n) is 11.3. The summed E-state index contributed by atoms with van der Waals surface area (Å²) in [6, 6.07) is 0. The van der Waals surface area contributed by atoms with Crippen LogP contribution >= 0.6 is 0 Å². The molecule has 20 heavy (non-hydrogen) atoms. The van der Waals surface area contributed by atoms with Crippen LogP contribution in [0.15, 0.2) is 12.4 Å². The van der Waals surface area contributed by atoms with Gasteiger partial charge in [0.2, 0.25) is 0 Å². The minimum atomic E-state index is -0.616. The Balaban J connectivity index is 1.61. The molecule has 1 aromatic rings. The molecule has 8 nitrogen and oxygen atoms in total. The highest BCUT2D eigenvalue weighted by Gasteiger charge is 2.15. The van der Waals surface area contributed by atoms with Gasteiger partial charge >= 0.3 is 5.69 Å². The summed E-state index contributed by atoms with van der Waals surface area (Å²) in [6.07, 6.45) is 4.04. The van der Waals surface area contributed by atoms with Crippen molar-refractivity contribution >= 4 is 5.69 Å². The molecule has 0 radical (unpaired) electrons. The second-order valence-electron chi connectivity index (χ2n) is 5.05. The van der Waals surface area contributed by atoms with Crippen molar-refractivity contribution in [1.82, 2.24) is 15.1 Å². The van der Waals surface area contributed by atoms with Crippen LogP contribution in [0.2, 0.25) is 0 Å². The molecule has 0 aromatic carbocycles. The Hall–Kier alpha value is -1.51. The van der Waals surface area contributed by atoms with E-state index in [2.05, 4.69) is 10.4 Å². The van der Waals surface area contributed by atoms with E-state index in [0.717, 1.165) is 32.6 Å². The molecule has 0 bridgehead atoms. The van der Waals surface area contributed by atoms with Gasteiger partial charge in [0, 0.05) is 19.8 Å². The van der Waals surface area contributed by atoms with E-state index in [1.165, 1.54) is 17.1 Å². The summed E-state index contributed by atoms with van der Waals surface area (Å²) in [5, 5.41) is 27.3. The maximum absolute atomic E-state index is 10.5. The number of nitrogens with zero attached hydrogens (tertiary/aromatic N) is 3. The predicted octanol–water partition coefficient (Wildman–Crippen LogP) is 0.168. The molecule has 1 saturated heterocycles. The van der Waals surface area contributed by atoms with Crippen LogP contribution in [0.4, 0.5) is 5.69 Å². The number of ether oxygens (including phenoxy) is 1. The van der Waals surface area contributed by atoms with E-state index in [1.54, 1.807) is 0 Å². The van der Waals surface area contributed by atoms with Crippen molar-refractivity contribution in [3.05, 3.63) is 22.5 Å². The molecule has 1 aliphatic rings. The molecule has 2 atom stereocenters. The summed E-state index contributed by atoms with van der Waals surface area (Å²) < 4.78 is 6.68. The molecule has 0 amide bonds. The number of aliphatic hydroxyl groups is 1. The number of rotatable bonds is 8. The van der Waals surface area contributed by atoms with Crippen LogP contribution in [-0.4, -0.2) is 52.2 Å². The average Bonchev–Trinajstić information content (AvgIpc) is 3.05. The number of aromatic nitrogens is 2. The molecule has 0 spiro atoms. The highest BCUT2D eigenvalue weighted by molar-refractivity contribution is 5.20. The van der Waals surface area contributed by atoms with Crippen LogP contribution in [0.3, 0.4) is 0 Å². The Morgan fingerprint density at radius 3 is 3.20 bits per heavy atom. The molecule has 2 rings (SSSR count). The zero-order chi connectivity index (χ0) is 14.4. The van der Waals surface area contributed by atoms with Gasteiger partial charge in [0.1, 0.15) is 12.4 Å². The maximum Gasteiger partial charge on any atom is 0.306 e. The van der Waals surface area contributed by atoms with Gasteiger partial charge in [-0.25, -0.2) is 0 Å². The first-order valence-corrected chi connectivity index (χ1v) is 6.78. The molecule has 112 valence electrons. The number of hydrogen-bond acceptors (Lipinski definition) is 6. The van der Waals surface area contributed by atoms with Crippen molar-refractivity contribution in [1.29, 1.82) is 0 Å². The predicted molar refractivity (Wildman–Crippen MR) is 71.3 cm³/mol. The first-order valence-electron chi connectivity index (χ1n) is 6.78. The molecular weight excluding hydrogens is 264 g/mol. The van der Waals surface area contributed by atoms with Gasteiger partial charge in [-0.1, -0.05) is 0 Å². The second kappa shape index (κ2) is 7.32. The van der Waals surface area contributed by atoms with Crippen molar-refractivity contribution in [2.24, 2.45) is 5.92 Å². The van der Waals surface area contributed by atoms with Crippen molar-refractivity contribution in [2.45, 2.75) is 25.5 Å². The van der Waals surface area contributed by atoms with Gasteiger partial charge in [0.25, 0.3) is 0 Å². The molecule has 2 unspecified atom stereocenters. The maximum atomic E-state index is 10.5. The zero-order valence-corrected chi connectivity index (χ0v) is 11.3. The molecule has 2 N–H and O–H groups in total. The summed E-state index contributed by atoms with van der Waals surface area (Å²) >= 11 is 0. The number of hydrogen-bond donors (Lipinski definition) is 2. The van der Waals surface area contributed by atoms with Gasteiger partial charge < -0.3 is 15.2 Å². The fourth-order valence-electron chi connectivity index (χ4n) is 2.21. The molecule has 0 aliphatic carbocycles. The van der Waals surface area contributed by atoms with Crippen LogP contribution in [0, 0.1) is 16.0 Å². The molecule has 1 aliphatic heterocycles. The van der Waals surface area contributed by atoms with Crippen LogP contribution in [-0.2, 0) is 11.3 Å². The molecule has 1 aromatic heterocycles. The van der Waals surface area contributed by atoms with Gasteiger partial charge in [-0.2, -0.15) is 5.10 Å². The largest absolute Gasteiger partial charge is 0.390 e. The summed E-state index contributed by atoms with van der Waals surface area (Å²) in [5.74, 6) is 0.619. The monoisotopic (exact) mass is 284 g/mol. The summed E-state index contributed by atoms with van der Waals surface area (Å²) in [5.41, 5.74) is -0.0635. The Labute approximate surface area is 116 Å². The lowest BCUT2D eigenvalue weighted by Gasteiger charge is -2.13. The molecule has 1 fully saturated rings. The summed E-state index contributed by atoms with van der Waals surface area (Å²) in [7, 11) is 0. The third-order valence-electron chi connectivity index (χ3n) is 3.36. The highest BCUT2D eigenvalue weighted by Crippen LogP contribution is 2.15.